The van der Waals surface area contributed by atoms with E-state index in [9.17, 15) is 24.5 Å². The number of hydrogen-bond donors (Lipinski definition) is 1. The van der Waals surface area contributed by atoms with Crippen molar-refractivity contribution in [1.29, 1.82) is 0 Å². The Morgan fingerprint density at radius 1 is 1.25 bits per heavy atom. The van der Waals surface area contributed by atoms with E-state index in [0.29, 0.717) is 19.0 Å². The summed E-state index contributed by atoms with van der Waals surface area (Å²) in [7, 11) is 0. The highest BCUT2D eigenvalue weighted by Gasteiger charge is 2.26. The van der Waals surface area contributed by atoms with Gasteiger partial charge in [-0.15, -0.1) is 0 Å². The Bertz CT molecular complexity index is 726. The van der Waals surface area contributed by atoms with Gasteiger partial charge in [0.25, 0.3) is 17.5 Å². The van der Waals surface area contributed by atoms with Gasteiger partial charge in [-0.1, -0.05) is 6.92 Å². The summed E-state index contributed by atoms with van der Waals surface area (Å²) in [6, 6.07) is 5.15. The Hall–Kier alpha value is -2.97. The van der Waals surface area contributed by atoms with E-state index >= 15 is 0 Å². The zero-order chi connectivity index (χ0) is 20.7. The van der Waals surface area contributed by atoms with Gasteiger partial charge in [-0.3, -0.25) is 24.5 Å². The maximum absolute atomic E-state index is 12.3. The third kappa shape index (κ3) is 6.04. The number of nitrogens with one attached hydrogen (secondary N) is 1. The Kier molecular flexibility index (Phi) is 7.48. The zero-order valence-electron chi connectivity index (χ0n) is 16.1. The molecule has 1 atom stereocenters. The number of hydrogen-bond acceptors (Lipinski definition) is 6. The lowest BCUT2D eigenvalue weighted by molar-refractivity contribution is -0.384. The molecule has 1 aliphatic rings. The smallest absolute Gasteiger partial charge is 0.308 e. The highest BCUT2D eigenvalue weighted by atomic mass is 16.6. The number of non-ortho nitro benzene ring substituents is 1. The van der Waals surface area contributed by atoms with Gasteiger partial charge >= 0.3 is 5.97 Å². The maximum atomic E-state index is 12.3. The van der Waals surface area contributed by atoms with Crippen LogP contribution in [-0.2, 0) is 14.3 Å². The first-order chi connectivity index (χ1) is 13.3. The lowest BCUT2D eigenvalue weighted by Gasteiger charge is -2.31. The van der Waals surface area contributed by atoms with Crippen molar-refractivity contribution in [3.8, 4) is 0 Å². The summed E-state index contributed by atoms with van der Waals surface area (Å²) in [6.07, 6.45) is 0.960. The lowest BCUT2D eigenvalue weighted by Crippen LogP contribution is -2.44. The molecule has 1 saturated heterocycles. The summed E-state index contributed by atoms with van der Waals surface area (Å²) in [4.78, 5) is 48.0. The van der Waals surface area contributed by atoms with Gasteiger partial charge < -0.3 is 15.0 Å². The standard InChI is InChI=1S/C19H25N3O6/c1-13-8-11-21(12-9-13)19(25)14(2)28-17(23)7-10-20-18(24)15-3-5-16(6-4-15)22(26)27/h3-6,13-14H,7-12H2,1-2H3,(H,20,24). The second-order valence-corrected chi connectivity index (χ2v) is 6.95. The topological polar surface area (TPSA) is 119 Å². The predicted octanol–water partition coefficient (Wildman–Crippen LogP) is 1.90. The summed E-state index contributed by atoms with van der Waals surface area (Å²) >= 11 is 0. The molecule has 0 spiro atoms. The van der Waals surface area contributed by atoms with Crippen LogP contribution in [0.25, 0.3) is 0 Å². The number of ether oxygens (including phenoxy) is 1. The molecule has 0 aliphatic carbocycles. The minimum Gasteiger partial charge on any atom is -0.452 e. The average Bonchev–Trinajstić information content (AvgIpc) is 2.67. The Morgan fingerprint density at radius 2 is 1.86 bits per heavy atom. The van der Waals surface area contributed by atoms with Crippen LogP contribution in [0.2, 0.25) is 0 Å². The van der Waals surface area contributed by atoms with Crippen LogP contribution in [0.15, 0.2) is 24.3 Å². The van der Waals surface area contributed by atoms with Crippen LogP contribution in [0.1, 0.15) is 43.5 Å². The van der Waals surface area contributed by atoms with Gasteiger partial charge in [0, 0.05) is 37.3 Å². The number of esters is 1. The van der Waals surface area contributed by atoms with Crippen molar-refractivity contribution >= 4 is 23.5 Å². The molecule has 1 aromatic rings. The van der Waals surface area contributed by atoms with E-state index in [1.54, 1.807) is 11.8 Å². The largest absolute Gasteiger partial charge is 0.452 e. The predicted molar refractivity (Wildman–Crippen MR) is 101 cm³/mol. The second-order valence-electron chi connectivity index (χ2n) is 6.95. The molecular formula is C19H25N3O6. The summed E-state index contributed by atoms with van der Waals surface area (Å²) in [5, 5.41) is 13.2. The van der Waals surface area contributed by atoms with E-state index in [1.165, 1.54) is 24.3 Å². The van der Waals surface area contributed by atoms with Crippen LogP contribution in [0.4, 0.5) is 5.69 Å². The first-order valence-corrected chi connectivity index (χ1v) is 9.29. The number of amides is 2. The Morgan fingerprint density at radius 3 is 2.43 bits per heavy atom. The molecule has 9 heteroatoms. The van der Waals surface area contributed by atoms with Crippen LogP contribution in [-0.4, -0.2) is 53.3 Å². The molecule has 1 heterocycles. The molecular weight excluding hydrogens is 366 g/mol. The van der Waals surface area contributed by atoms with E-state index in [2.05, 4.69) is 12.2 Å². The van der Waals surface area contributed by atoms with E-state index in [0.717, 1.165) is 12.8 Å². The number of carbonyl (C=O) groups excluding carboxylic acids is 3. The zero-order valence-corrected chi connectivity index (χ0v) is 16.1. The van der Waals surface area contributed by atoms with Crippen LogP contribution < -0.4 is 5.32 Å². The molecule has 0 radical (unpaired) electrons. The van der Waals surface area contributed by atoms with Gasteiger partial charge in [-0.25, -0.2) is 0 Å². The minimum absolute atomic E-state index is 0.0385. The molecule has 0 bridgehead atoms. The molecule has 9 nitrogen and oxygen atoms in total. The van der Waals surface area contributed by atoms with Gasteiger partial charge in [0.15, 0.2) is 6.10 Å². The normalized spacial score (nSPS) is 15.6. The molecule has 1 aromatic carbocycles. The number of benzene rings is 1. The number of piperidine rings is 1. The van der Waals surface area contributed by atoms with Crippen molar-refractivity contribution in [1.82, 2.24) is 10.2 Å². The van der Waals surface area contributed by atoms with Gasteiger partial charge in [-0.2, -0.15) is 0 Å². The van der Waals surface area contributed by atoms with Gasteiger partial charge in [0.1, 0.15) is 0 Å². The molecule has 28 heavy (non-hydrogen) atoms. The fraction of sp³-hybridized carbons (Fsp3) is 0.526. The monoisotopic (exact) mass is 391 g/mol. The van der Waals surface area contributed by atoms with Crippen molar-refractivity contribution in [2.45, 2.75) is 39.2 Å². The molecule has 1 fully saturated rings. The minimum atomic E-state index is -0.855. The highest BCUT2D eigenvalue weighted by Crippen LogP contribution is 2.17. The SMILES string of the molecule is CC1CCN(C(=O)C(C)OC(=O)CCNC(=O)c2ccc([N+](=O)[O-])cc2)CC1. The Labute approximate surface area is 163 Å². The number of nitrogens with zero attached hydrogens (tertiary/aromatic N) is 2. The quantitative estimate of drug-likeness (QED) is 0.431. The molecule has 1 N–H and O–H groups in total. The number of carbonyl (C=O) groups is 3. The first-order valence-electron chi connectivity index (χ1n) is 9.29. The summed E-state index contributed by atoms with van der Waals surface area (Å²) < 4.78 is 5.17. The van der Waals surface area contributed by atoms with Crippen LogP contribution in [0.3, 0.4) is 0 Å². The number of nitro groups is 1. The van der Waals surface area contributed by atoms with E-state index in [-0.39, 0.29) is 30.1 Å². The van der Waals surface area contributed by atoms with Gasteiger partial charge in [0.2, 0.25) is 0 Å². The third-order valence-electron chi connectivity index (χ3n) is 4.71. The van der Waals surface area contributed by atoms with Crippen molar-refractivity contribution in [2.75, 3.05) is 19.6 Å². The van der Waals surface area contributed by atoms with Gasteiger partial charge in [0.05, 0.1) is 11.3 Å². The van der Waals surface area contributed by atoms with Crippen LogP contribution in [0, 0.1) is 16.0 Å². The molecule has 152 valence electrons. The van der Waals surface area contributed by atoms with Crippen molar-refractivity contribution in [3.05, 3.63) is 39.9 Å². The van der Waals surface area contributed by atoms with Crippen molar-refractivity contribution < 1.29 is 24.0 Å². The van der Waals surface area contributed by atoms with E-state index in [4.69, 9.17) is 4.74 Å². The maximum Gasteiger partial charge on any atom is 0.308 e. The van der Waals surface area contributed by atoms with E-state index in [1.807, 2.05) is 0 Å². The van der Waals surface area contributed by atoms with Gasteiger partial charge in [-0.05, 0) is 37.8 Å². The molecule has 2 rings (SSSR count). The molecule has 0 aromatic heterocycles. The molecule has 0 saturated carbocycles. The third-order valence-corrected chi connectivity index (χ3v) is 4.71. The summed E-state index contributed by atoms with van der Waals surface area (Å²) in [5.74, 6) is -0.624. The van der Waals surface area contributed by atoms with E-state index < -0.39 is 22.9 Å². The molecule has 1 aliphatic heterocycles. The lowest BCUT2D eigenvalue weighted by atomic mass is 9.99. The van der Waals surface area contributed by atoms with Crippen molar-refractivity contribution in [3.63, 3.8) is 0 Å². The number of rotatable bonds is 7. The Balaban J connectivity index is 1.72. The molecule has 1 unspecified atom stereocenters. The number of likely N-dealkylation sites (tertiary alicyclic amines) is 1. The molecule has 2 amide bonds. The summed E-state index contributed by atoms with van der Waals surface area (Å²) in [6.45, 7) is 5.08. The first kappa shape index (κ1) is 21.3. The fourth-order valence-electron chi connectivity index (χ4n) is 2.91. The average molecular weight is 391 g/mol. The highest BCUT2D eigenvalue weighted by molar-refractivity contribution is 5.94. The van der Waals surface area contributed by atoms with Crippen molar-refractivity contribution in [2.24, 2.45) is 5.92 Å². The fourth-order valence-corrected chi connectivity index (χ4v) is 2.91. The second kappa shape index (κ2) is 9.82. The summed E-state index contributed by atoms with van der Waals surface area (Å²) in [5.41, 5.74) is 0.142. The number of nitro benzene ring substituents is 1. The van der Waals surface area contributed by atoms with Crippen LogP contribution in [0.5, 0.6) is 0 Å². The van der Waals surface area contributed by atoms with Crippen LogP contribution >= 0.6 is 0 Å².